The van der Waals surface area contributed by atoms with Crippen molar-refractivity contribution in [1.29, 1.82) is 0 Å². The number of rotatable bonds is 11. The Morgan fingerprint density at radius 2 is 1.51 bits per heavy atom. The number of aromatic nitrogens is 2. The average Bonchev–Trinajstić information content (AvgIpc) is 3.51. The summed E-state index contributed by atoms with van der Waals surface area (Å²) in [6.45, 7) is 2.81. The van der Waals surface area contributed by atoms with Crippen LogP contribution in [0.15, 0.2) is 134 Å². The summed E-state index contributed by atoms with van der Waals surface area (Å²) in [5.41, 5.74) is 6.25. The smallest absolute Gasteiger partial charge is 0.319 e. The summed E-state index contributed by atoms with van der Waals surface area (Å²) in [6, 6.07) is 40.2. The van der Waals surface area contributed by atoms with Gasteiger partial charge in [-0.15, -0.1) is 0 Å². The van der Waals surface area contributed by atoms with Crippen molar-refractivity contribution >= 4 is 34.9 Å². The molecule has 1 aliphatic heterocycles. The van der Waals surface area contributed by atoms with Gasteiger partial charge in [-0.25, -0.2) is 9.78 Å². The van der Waals surface area contributed by atoms with E-state index in [-0.39, 0.29) is 35.9 Å². The molecule has 7 rings (SSSR count). The van der Waals surface area contributed by atoms with Gasteiger partial charge >= 0.3 is 6.03 Å². The van der Waals surface area contributed by atoms with Gasteiger partial charge in [-0.2, -0.15) is 0 Å². The van der Waals surface area contributed by atoms with E-state index in [1.807, 2.05) is 115 Å². The molecular formula is C42H38Cl2N4O5. The second-order valence-corrected chi connectivity index (χ2v) is 13.5. The summed E-state index contributed by atoms with van der Waals surface area (Å²) in [4.78, 5) is 17.0. The minimum atomic E-state index is -0.662. The van der Waals surface area contributed by atoms with Crippen LogP contribution in [0, 0.1) is 5.92 Å². The van der Waals surface area contributed by atoms with Crippen molar-refractivity contribution in [3.8, 4) is 22.6 Å². The zero-order valence-corrected chi connectivity index (χ0v) is 30.4. The topological polar surface area (TPSA) is 107 Å². The molecule has 0 aliphatic carbocycles. The largest absolute Gasteiger partial charge is 0.457 e. The number of hydrogen-bond donors (Lipinski definition) is 3. The lowest BCUT2D eigenvalue weighted by atomic mass is 9.90. The molecule has 9 nitrogen and oxygen atoms in total. The monoisotopic (exact) mass is 748 g/mol. The molecule has 1 fully saturated rings. The van der Waals surface area contributed by atoms with E-state index in [4.69, 9.17) is 37.4 Å². The number of nitrogens with one attached hydrogen (secondary N) is 2. The Labute approximate surface area is 318 Å². The van der Waals surface area contributed by atoms with Crippen LogP contribution in [-0.4, -0.2) is 26.8 Å². The van der Waals surface area contributed by atoms with Crippen molar-refractivity contribution in [2.24, 2.45) is 5.92 Å². The summed E-state index contributed by atoms with van der Waals surface area (Å²) >= 11 is 12.6. The number of carbonyl (C=O) groups excluding carboxylic acids is 1. The fraction of sp³-hybridized carbons (Fsp3) is 0.190. The third kappa shape index (κ3) is 8.73. The first kappa shape index (κ1) is 36.2. The van der Waals surface area contributed by atoms with E-state index in [2.05, 4.69) is 22.5 Å². The highest BCUT2D eigenvalue weighted by Crippen LogP contribution is 2.43. The molecule has 2 heterocycles. The van der Waals surface area contributed by atoms with E-state index in [1.165, 1.54) is 0 Å². The molecule has 1 saturated heterocycles. The quantitative estimate of drug-likeness (QED) is 0.122. The number of amides is 2. The summed E-state index contributed by atoms with van der Waals surface area (Å²) in [6.07, 6.45) is 0.380. The van der Waals surface area contributed by atoms with Gasteiger partial charge in [-0.1, -0.05) is 121 Å². The van der Waals surface area contributed by atoms with Crippen LogP contribution in [0.25, 0.3) is 11.1 Å². The Kier molecular flexibility index (Phi) is 11.4. The number of ether oxygens (including phenoxy) is 3. The molecule has 6 aromatic rings. The predicted molar refractivity (Wildman–Crippen MR) is 206 cm³/mol. The fourth-order valence-electron chi connectivity index (χ4n) is 6.35. The van der Waals surface area contributed by atoms with Crippen LogP contribution in [0.1, 0.15) is 41.6 Å². The van der Waals surface area contributed by atoms with Gasteiger partial charge in [0.1, 0.15) is 16.7 Å². The molecule has 0 unspecified atom stereocenters. The fourth-order valence-corrected chi connectivity index (χ4v) is 6.66. The molecule has 1 aliphatic rings. The number of hydrogen-bond acceptors (Lipinski definition) is 6. The number of aliphatic hydroxyl groups is 1. The third-order valence-corrected chi connectivity index (χ3v) is 10.0. The van der Waals surface area contributed by atoms with Gasteiger partial charge < -0.3 is 34.5 Å². The number of carbonyl (C=O) groups is 1. The number of aliphatic hydroxyl groups excluding tert-OH is 1. The molecule has 0 saturated carbocycles. The van der Waals surface area contributed by atoms with Crippen LogP contribution < -0.4 is 15.4 Å². The Morgan fingerprint density at radius 3 is 2.21 bits per heavy atom. The SMILES string of the molecule is C[C@H]1[C@@H](Cn2cnc(Cl)c2Cl)O[C@@H](c2ccc(-c3ccccc3CNC(=O)Nc3ccc(Oc4ccccc4)cc3)cc2)O[C@H]1c1ccc(CO)cc1. The van der Waals surface area contributed by atoms with Crippen LogP contribution in [0.4, 0.5) is 10.5 Å². The van der Waals surface area contributed by atoms with Gasteiger partial charge in [-0.3, -0.25) is 0 Å². The molecule has 11 heteroatoms. The maximum Gasteiger partial charge on any atom is 0.319 e. The Bertz CT molecular complexity index is 2130. The van der Waals surface area contributed by atoms with Crippen LogP contribution in [0.3, 0.4) is 0 Å². The molecule has 53 heavy (non-hydrogen) atoms. The third-order valence-electron chi connectivity index (χ3n) is 9.27. The molecule has 0 spiro atoms. The van der Waals surface area contributed by atoms with E-state index in [1.54, 1.807) is 23.0 Å². The molecule has 3 N–H and O–H groups in total. The number of benzene rings is 5. The van der Waals surface area contributed by atoms with Crippen LogP contribution >= 0.6 is 23.2 Å². The van der Waals surface area contributed by atoms with Gasteiger partial charge in [0.05, 0.1) is 31.7 Å². The van der Waals surface area contributed by atoms with Gasteiger partial charge in [0.2, 0.25) is 0 Å². The second kappa shape index (κ2) is 16.7. The molecule has 5 aromatic carbocycles. The average molecular weight is 750 g/mol. The lowest BCUT2D eigenvalue weighted by molar-refractivity contribution is -0.276. The van der Waals surface area contributed by atoms with Crippen molar-refractivity contribution < 1.29 is 24.1 Å². The molecule has 2 amide bonds. The maximum absolute atomic E-state index is 12.9. The summed E-state index contributed by atoms with van der Waals surface area (Å²) in [5.74, 6) is 1.37. The summed E-state index contributed by atoms with van der Waals surface area (Å²) in [7, 11) is 0. The Hall–Kier alpha value is -5.16. The highest BCUT2D eigenvalue weighted by Gasteiger charge is 2.39. The maximum atomic E-state index is 12.9. The Morgan fingerprint density at radius 1 is 0.830 bits per heavy atom. The van der Waals surface area contributed by atoms with E-state index >= 15 is 0 Å². The van der Waals surface area contributed by atoms with Crippen LogP contribution in [0.5, 0.6) is 11.5 Å². The summed E-state index contributed by atoms with van der Waals surface area (Å²) in [5, 5.41) is 16.0. The van der Waals surface area contributed by atoms with E-state index < -0.39 is 6.29 Å². The van der Waals surface area contributed by atoms with Gasteiger partial charge in [0.25, 0.3) is 0 Å². The van der Waals surface area contributed by atoms with Crippen molar-refractivity contribution in [2.45, 2.75) is 45.1 Å². The first-order valence-corrected chi connectivity index (χ1v) is 18.0. The van der Waals surface area contributed by atoms with E-state index in [0.29, 0.717) is 29.7 Å². The Balaban J connectivity index is 1.03. The number of halogens is 2. The van der Waals surface area contributed by atoms with Crippen molar-refractivity contribution in [1.82, 2.24) is 14.9 Å². The van der Waals surface area contributed by atoms with Crippen LogP contribution in [0.2, 0.25) is 10.3 Å². The highest BCUT2D eigenvalue weighted by molar-refractivity contribution is 6.40. The minimum absolute atomic E-state index is 0.0329. The molecule has 0 bridgehead atoms. The van der Waals surface area contributed by atoms with Gasteiger partial charge in [0.15, 0.2) is 11.4 Å². The summed E-state index contributed by atoms with van der Waals surface area (Å²) < 4.78 is 20.9. The first-order valence-electron chi connectivity index (χ1n) is 17.3. The molecule has 270 valence electrons. The van der Waals surface area contributed by atoms with Crippen molar-refractivity contribution in [2.75, 3.05) is 5.32 Å². The molecular weight excluding hydrogens is 711 g/mol. The standard InChI is InChI=1S/C42H38Cl2N4O5/c1-27-37(24-48-26-46-39(43)40(48)44)52-41(53-38(27)30-13-11-28(25-49)12-14-30)31-17-15-29(16-18-31)36-10-6-5-7-32(36)23-45-42(50)47-33-19-21-35(22-20-33)51-34-8-3-2-4-9-34/h2-22,26-27,37-38,41,49H,23-25H2,1H3,(H2,45,47,50)/t27-,37+,38+,41+/m0/s1. The molecule has 0 radical (unpaired) electrons. The normalized spacial score (nSPS) is 18.3. The minimum Gasteiger partial charge on any atom is -0.457 e. The number of anilines is 1. The first-order chi connectivity index (χ1) is 25.8. The van der Waals surface area contributed by atoms with Gasteiger partial charge in [-0.05, 0) is 64.2 Å². The van der Waals surface area contributed by atoms with E-state index in [9.17, 15) is 9.90 Å². The van der Waals surface area contributed by atoms with Crippen molar-refractivity contribution in [3.63, 3.8) is 0 Å². The number of para-hydroxylation sites is 1. The van der Waals surface area contributed by atoms with E-state index in [0.717, 1.165) is 39.1 Å². The molecule has 1 aromatic heterocycles. The lowest BCUT2D eigenvalue weighted by Crippen LogP contribution is -2.39. The molecule has 4 atom stereocenters. The van der Waals surface area contributed by atoms with Crippen molar-refractivity contribution in [3.05, 3.63) is 166 Å². The lowest BCUT2D eigenvalue weighted by Gasteiger charge is -2.41. The van der Waals surface area contributed by atoms with Gasteiger partial charge in [0, 0.05) is 23.7 Å². The second-order valence-electron chi connectivity index (χ2n) is 12.8. The number of urea groups is 1. The highest BCUT2D eigenvalue weighted by atomic mass is 35.5. The zero-order valence-electron chi connectivity index (χ0n) is 28.9. The predicted octanol–water partition coefficient (Wildman–Crippen LogP) is 9.95. The van der Waals surface area contributed by atoms with Crippen LogP contribution in [-0.2, 0) is 29.2 Å². The number of imidazole rings is 1. The zero-order chi connectivity index (χ0) is 36.7. The number of nitrogens with zero attached hydrogens (tertiary/aromatic N) is 2.